The molecule has 3 aromatic rings. The van der Waals surface area contributed by atoms with Gasteiger partial charge in [-0.1, -0.05) is 31.5 Å². The second-order valence-electron chi connectivity index (χ2n) is 5.10. The van der Waals surface area contributed by atoms with E-state index in [1.54, 1.807) is 0 Å². The molecule has 3 nitrogen and oxygen atoms in total. The summed E-state index contributed by atoms with van der Waals surface area (Å²) in [6.45, 7) is 4.13. The molecule has 102 valence electrons. The summed E-state index contributed by atoms with van der Waals surface area (Å²) in [5, 5.41) is 0. The first kappa shape index (κ1) is 12.9. The number of hydrogen-bond donors (Lipinski definition) is 0. The smallest absolute Gasteiger partial charge is 0.245 e. The van der Waals surface area contributed by atoms with Crippen LogP contribution in [0.3, 0.4) is 0 Å². The highest BCUT2D eigenvalue weighted by Crippen LogP contribution is 2.12. The molecule has 0 N–H and O–H groups in total. The molecule has 2 aromatic heterocycles. The number of pyridine rings is 1. The standard InChI is InChI=1S/C17H20N3/c1-2-3-12-19-14-20(13-15-8-6-7-11-18-15)17-10-5-4-9-16(17)19/h4-11,14H,2-3,12-13H2,1H3/q+1. The molecule has 0 atom stereocenters. The van der Waals surface area contributed by atoms with Crippen molar-refractivity contribution in [2.45, 2.75) is 32.9 Å². The first-order valence-corrected chi connectivity index (χ1v) is 7.25. The number of nitrogens with zero attached hydrogens (tertiary/aromatic N) is 3. The first-order chi connectivity index (χ1) is 9.88. The van der Waals surface area contributed by atoms with Crippen molar-refractivity contribution in [2.24, 2.45) is 0 Å². The van der Waals surface area contributed by atoms with Crippen molar-refractivity contribution in [2.75, 3.05) is 0 Å². The number of aromatic nitrogens is 3. The second-order valence-corrected chi connectivity index (χ2v) is 5.10. The van der Waals surface area contributed by atoms with Crippen LogP contribution in [0, 0.1) is 0 Å². The van der Waals surface area contributed by atoms with Gasteiger partial charge in [-0.25, -0.2) is 9.13 Å². The minimum absolute atomic E-state index is 0.820. The summed E-state index contributed by atoms with van der Waals surface area (Å²) in [5.41, 5.74) is 3.67. The van der Waals surface area contributed by atoms with Gasteiger partial charge in [0, 0.05) is 6.20 Å². The quantitative estimate of drug-likeness (QED) is 0.650. The van der Waals surface area contributed by atoms with Crippen LogP contribution in [0.1, 0.15) is 25.5 Å². The van der Waals surface area contributed by atoms with Gasteiger partial charge in [0.2, 0.25) is 6.33 Å². The predicted octanol–water partition coefficient (Wildman–Crippen LogP) is 3.17. The Morgan fingerprint density at radius 2 is 1.95 bits per heavy atom. The van der Waals surface area contributed by atoms with Crippen molar-refractivity contribution in [1.82, 2.24) is 9.55 Å². The van der Waals surface area contributed by atoms with Crippen LogP contribution >= 0.6 is 0 Å². The fraction of sp³-hybridized carbons (Fsp3) is 0.294. The molecule has 0 aliphatic heterocycles. The molecule has 20 heavy (non-hydrogen) atoms. The Bertz CT molecular complexity index is 686. The van der Waals surface area contributed by atoms with Crippen LogP contribution in [0.15, 0.2) is 55.0 Å². The largest absolute Gasteiger partial charge is 0.257 e. The topological polar surface area (TPSA) is 21.7 Å². The van der Waals surface area contributed by atoms with Crippen LogP contribution in [-0.2, 0) is 13.1 Å². The van der Waals surface area contributed by atoms with Gasteiger partial charge in [-0.15, -0.1) is 0 Å². The number of rotatable bonds is 5. The van der Waals surface area contributed by atoms with Crippen LogP contribution in [-0.4, -0.2) is 9.55 Å². The first-order valence-electron chi connectivity index (χ1n) is 7.25. The zero-order valence-electron chi connectivity index (χ0n) is 11.9. The summed E-state index contributed by atoms with van der Waals surface area (Å²) in [4.78, 5) is 4.42. The van der Waals surface area contributed by atoms with Gasteiger partial charge in [0.05, 0.1) is 12.2 Å². The van der Waals surface area contributed by atoms with Gasteiger partial charge >= 0.3 is 0 Å². The average molecular weight is 266 g/mol. The number of hydrogen-bond acceptors (Lipinski definition) is 1. The van der Waals surface area contributed by atoms with E-state index >= 15 is 0 Å². The van der Waals surface area contributed by atoms with E-state index in [9.17, 15) is 0 Å². The maximum absolute atomic E-state index is 4.42. The molecule has 0 amide bonds. The lowest BCUT2D eigenvalue weighted by atomic mass is 10.3. The van der Waals surface area contributed by atoms with E-state index in [-0.39, 0.29) is 0 Å². The Labute approximate surface area is 119 Å². The third kappa shape index (κ3) is 2.57. The third-order valence-electron chi connectivity index (χ3n) is 3.59. The van der Waals surface area contributed by atoms with Crippen molar-refractivity contribution < 1.29 is 4.57 Å². The minimum atomic E-state index is 0.820. The fourth-order valence-electron chi connectivity index (χ4n) is 2.54. The highest BCUT2D eigenvalue weighted by atomic mass is 15.1. The fourth-order valence-corrected chi connectivity index (χ4v) is 2.54. The van der Waals surface area contributed by atoms with Crippen molar-refractivity contribution in [3.05, 3.63) is 60.7 Å². The van der Waals surface area contributed by atoms with Gasteiger partial charge in [-0.3, -0.25) is 4.98 Å². The lowest BCUT2D eigenvalue weighted by Gasteiger charge is -1.97. The second kappa shape index (κ2) is 5.87. The van der Waals surface area contributed by atoms with Crippen LogP contribution in [0.4, 0.5) is 0 Å². The average Bonchev–Trinajstić information content (AvgIpc) is 2.85. The Kier molecular flexibility index (Phi) is 3.77. The molecular weight excluding hydrogens is 246 g/mol. The Morgan fingerprint density at radius 1 is 1.10 bits per heavy atom. The minimum Gasteiger partial charge on any atom is -0.257 e. The van der Waals surface area contributed by atoms with Gasteiger partial charge in [0.1, 0.15) is 6.54 Å². The van der Waals surface area contributed by atoms with Crippen molar-refractivity contribution in [1.29, 1.82) is 0 Å². The molecule has 0 bridgehead atoms. The molecule has 0 saturated carbocycles. The number of benzene rings is 1. The zero-order chi connectivity index (χ0) is 13.8. The monoisotopic (exact) mass is 266 g/mol. The molecular formula is C17H20N3+. The van der Waals surface area contributed by atoms with E-state index in [4.69, 9.17) is 0 Å². The molecule has 2 heterocycles. The summed E-state index contributed by atoms with van der Waals surface area (Å²) < 4.78 is 4.63. The van der Waals surface area contributed by atoms with Crippen LogP contribution in [0.2, 0.25) is 0 Å². The molecule has 0 aliphatic carbocycles. The molecule has 0 aliphatic rings. The van der Waals surface area contributed by atoms with Crippen LogP contribution in [0.5, 0.6) is 0 Å². The van der Waals surface area contributed by atoms with E-state index in [1.165, 1.54) is 23.9 Å². The Balaban J connectivity index is 1.98. The third-order valence-corrected chi connectivity index (χ3v) is 3.59. The normalized spacial score (nSPS) is 11.1. The molecule has 3 rings (SSSR count). The van der Waals surface area contributed by atoms with Gasteiger partial charge in [0.25, 0.3) is 0 Å². The zero-order valence-corrected chi connectivity index (χ0v) is 11.9. The van der Waals surface area contributed by atoms with Gasteiger partial charge in [-0.05, 0) is 30.7 Å². The highest BCUT2D eigenvalue weighted by Gasteiger charge is 2.15. The van der Waals surface area contributed by atoms with Crippen molar-refractivity contribution in [3.63, 3.8) is 0 Å². The summed E-state index contributed by atoms with van der Waals surface area (Å²) in [7, 11) is 0. The van der Waals surface area contributed by atoms with Crippen molar-refractivity contribution in [3.8, 4) is 0 Å². The SMILES string of the molecule is CCCCn1c[n+](Cc2ccccn2)c2ccccc21. The van der Waals surface area contributed by atoms with E-state index in [1.807, 2.05) is 18.3 Å². The number of para-hydroxylation sites is 2. The Morgan fingerprint density at radius 3 is 2.75 bits per heavy atom. The number of fused-ring (bicyclic) bond motifs is 1. The van der Waals surface area contributed by atoms with E-state index in [2.05, 4.69) is 57.7 Å². The van der Waals surface area contributed by atoms with Gasteiger partial charge in [0.15, 0.2) is 11.0 Å². The maximum Gasteiger partial charge on any atom is 0.245 e. The van der Waals surface area contributed by atoms with Gasteiger partial charge < -0.3 is 0 Å². The molecule has 0 fully saturated rings. The summed E-state index contributed by atoms with van der Waals surface area (Å²) in [5.74, 6) is 0. The van der Waals surface area contributed by atoms with Gasteiger partial charge in [-0.2, -0.15) is 0 Å². The molecule has 3 heteroatoms. The van der Waals surface area contributed by atoms with Crippen LogP contribution < -0.4 is 4.57 Å². The van der Waals surface area contributed by atoms with Crippen LogP contribution in [0.25, 0.3) is 11.0 Å². The number of unbranched alkanes of at least 4 members (excludes halogenated alkanes) is 1. The summed E-state index contributed by atoms with van der Waals surface area (Å²) >= 11 is 0. The van der Waals surface area contributed by atoms with E-state index < -0.39 is 0 Å². The molecule has 0 unspecified atom stereocenters. The number of aryl methyl sites for hydroxylation is 1. The Hall–Kier alpha value is -2.16. The predicted molar refractivity (Wildman–Crippen MR) is 80.4 cm³/mol. The van der Waals surface area contributed by atoms with E-state index in [0.29, 0.717) is 0 Å². The lowest BCUT2D eigenvalue weighted by Crippen LogP contribution is -2.33. The molecule has 0 saturated heterocycles. The highest BCUT2D eigenvalue weighted by molar-refractivity contribution is 5.71. The molecule has 1 aromatic carbocycles. The molecule has 0 spiro atoms. The van der Waals surface area contributed by atoms with Crippen molar-refractivity contribution >= 4 is 11.0 Å². The summed E-state index contributed by atoms with van der Waals surface area (Å²) in [6.07, 6.45) is 6.50. The van der Waals surface area contributed by atoms with E-state index in [0.717, 1.165) is 18.8 Å². The summed E-state index contributed by atoms with van der Waals surface area (Å²) in [6, 6.07) is 14.7. The molecule has 0 radical (unpaired) electrons. The lowest BCUT2D eigenvalue weighted by molar-refractivity contribution is -0.663. The maximum atomic E-state index is 4.42. The number of imidazole rings is 1.